The maximum absolute atomic E-state index is 12.9. The number of nitrogens with one attached hydrogen (secondary N) is 2. The van der Waals surface area contributed by atoms with E-state index in [-0.39, 0.29) is 12.8 Å². The van der Waals surface area contributed by atoms with Gasteiger partial charge in [0, 0.05) is 23.4 Å². The summed E-state index contributed by atoms with van der Waals surface area (Å²) in [5, 5.41) is 4.30. The predicted octanol–water partition coefficient (Wildman–Crippen LogP) is 2.57. The van der Waals surface area contributed by atoms with Crippen LogP contribution in [0.4, 0.5) is 4.79 Å². The van der Waals surface area contributed by atoms with E-state index in [9.17, 15) is 19.2 Å². The van der Waals surface area contributed by atoms with Crippen molar-refractivity contribution in [3.8, 4) is 5.75 Å². The predicted molar refractivity (Wildman–Crippen MR) is 116 cm³/mol. The van der Waals surface area contributed by atoms with Gasteiger partial charge in [0.15, 0.2) is 0 Å². The first kappa shape index (κ1) is 21.9. The highest BCUT2D eigenvalue weighted by atomic mass is 16.5. The second kappa shape index (κ2) is 8.29. The van der Waals surface area contributed by atoms with Gasteiger partial charge >= 0.3 is 11.7 Å². The fourth-order valence-electron chi connectivity index (χ4n) is 4.53. The summed E-state index contributed by atoms with van der Waals surface area (Å²) in [4.78, 5) is 50.2. The van der Waals surface area contributed by atoms with Crippen LogP contribution in [0.1, 0.15) is 50.2 Å². The molecule has 9 nitrogen and oxygen atoms in total. The molecule has 1 aliphatic heterocycles. The van der Waals surface area contributed by atoms with Crippen LogP contribution in [0.5, 0.6) is 5.75 Å². The fraction of sp³-hybridized carbons (Fsp3) is 0.478. The van der Waals surface area contributed by atoms with Gasteiger partial charge in [-0.15, -0.1) is 0 Å². The number of hydrogen-bond acceptors (Lipinski definition) is 6. The molecule has 1 saturated carbocycles. The van der Waals surface area contributed by atoms with Gasteiger partial charge in [0.2, 0.25) is 5.91 Å². The van der Waals surface area contributed by atoms with Crippen molar-refractivity contribution in [2.24, 2.45) is 5.92 Å². The van der Waals surface area contributed by atoms with E-state index in [0.717, 1.165) is 28.8 Å². The van der Waals surface area contributed by atoms with Crippen LogP contribution in [-0.4, -0.2) is 35.5 Å². The molecule has 1 aromatic carbocycles. The topological polar surface area (TPSA) is 118 Å². The standard InChI is InChI=1S/C23H27N3O6/c1-13-8-10-23(11-9-13)21(29)26(22(30)24-23)25-19(27)7-6-17-14(2)16-5-4-15(31-3)12-18(16)32-20(17)28/h4-5,12-13H,6-11H2,1-3H3,(H,24,30)(H,25,27). The maximum atomic E-state index is 12.9. The van der Waals surface area contributed by atoms with Crippen LogP contribution in [0.15, 0.2) is 27.4 Å². The van der Waals surface area contributed by atoms with Crippen molar-refractivity contribution in [3.05, 3.63) is 39.7 Å². The minimum atomic E-state index is -0.923. The molecule has 0 radical (unpaired) electrons. The zero-order valence-corrected chi connectivity index (χ0v) is 18.4. The van der Waals surface area contributed by atoms with Gasteiger partial charge in [-0.1, -0.05) is 6.92 Å². The number of nitrogens with zero attached hydrogens (tertiary/aromatic N) is 1. The molecule has 2 heterocycles. The van der Waals surface area contributed by atoms with E-state index in [2.05, 4.69) is 17.7 Å². The molecule has 32 heavy (non-hydrogen) atoms. The zero-order valence-electron chi connectivity index (χ0n) is 18.4. The van der Waals surface area contributed by atoms with Gasteiger partial charge in [0.1, 0.15) is 16.9 Å². The van der Waals surface area contributed by atoms with E-state index < -0.39 is 29.0 Å². The van der Waals surface area contributed by atoms with E-state index in [1.165, 1.54) is 7.11 Å². The fourth-order valence-corrected chi connectivity index (χ4v) is 4.53. The highest BCUT2D eigenvalue weighted by Crippen LogP contribution is 2.35. The van der Waals surface area contributed by atoms with Crippen LogP contribution in [-0.2, 0) is 16.0 Å². The van der Waals surface area contributed by atoms with Crippen LogP contribution < -0.4 is 21.1 Å². The van der Waals surface area contributed by atoms with Crippen LogP contribution in [0.3, 0.4) is 0 Å². The molecule has 2 aromatic rings. The van der Waals surface area contributed by atoms with Crippen LogP contribution in [0.2, 0.25) is 0 Å². The van der Waals surface area contributed by atoms with Crippen LogP contribution in [0.25, 0.3) is 11.0 Å². The third kappa shape index (κ3) is 3.83. The molecule has 0 bridgehead atoms. The third-order valence-corrected chi connectivity index (χ3v) is 6.62. The number of fused-ring (bicyclic) bond motifs is 1. The van der Waals surface area contributed by atoms with E-state index in [4.69, 9.17) is 9.15 Å². The Bertz CT molecular complexity index is 1150. The molecular formula is C23H27N3O6. The summed E-state index contributed by atoms with van der Waals surface area (Å²) in [6, 6.07) is 4.59. The van der Waals surface area contributed by atoms with Crippen molar-refractivity contribution in [3.63, 3.8) is 0 Å². The average Bonchev–Trinajstić information content (AvgIpc) is 2.99. The third-order valence-electron chi connectivity index (χ3n) is 6.62. The molecule has 1 saturated heterocycles. The SMILES string of the molecule is COc1ccc2c(C)c(CCC(=O)NN3C(=O)NC4(CCC(C)CC4)C3=O)c(=O)oc2c1. The molecule has 4 amide bonds. The minimum absolute atomic E-state index is 0.0750. The number of aryl methyl sites for hydroxylation is 1. The molecule has 9 heteroatoms. The van der Waals surface area contributed by atoms with Crippen molar-refractivity contribution in [1.29, 1.82) is 0 Å². The molecule has 1 aliphatic carbocycles. The normalized spacial score (nSPS) is 23.0. The first-order valence-corrected chi connectivity index (χ1v) is 10.8. The van der Waals surface area contributed by atoms with Crippen molar-refractivity contribution in [2.45, 2.75) is 57.9 Å². The average molecular weight is 441 g/mol. The van der Waals surface area contributed by atoms with Crippen molar-refractivity contribution >= 4 is 28.8 Å². The van der Waals surface area contributed by atoms with Gasteiger partial charge in [-0.3, -0.25) is 15.0 Å². The molecule has 0 unspecified atom stereocenters. The van der Waals surface area contributed by atoms with Gasteiger partial charge in [-0.25, -0.2) is 9.59 Å². The number of imide groups is 1. The number of hydrazine groups is 1. The Morgan fingerprint density at radius 2 is 2.00 bits per heavy atom. The highest BCUT2D eigenvalue weighted by molar-refractivity contribution is 6.08. The Hall–Kier alpha value is -3.36. The van der Waals surface area contributed by atoms with Gasteiger partial charge in [0.25, 0.3) is 5.91 Å². The molecule has 2 N–H and O–H groups in total. The second-order valence-electron chi connectivity index (χ2n) is 8.73. The summed E-state index contributed by atoms with van der Waals surface area (Å²) in [6.45, 7) is 3.92. The van der Waals surface area contributed by atoms with E-state index >= 15 is 0 Å². The van der Waals surface area contributed by atoms with Gasteiger partial charge in [-0.05, 0) is 62.6 Å². The summed E-state index contributed by atoms with van der Waals surface area (Å²) in [5.41, 5.74) is 2.47. The van der Waals surface area contributed by atoms with Gasteiger partial charge < -0.3 is 14.5 Å². The molecule has 1 aromatic heterocycles. The summed E-state index contributed by atoms with van der Waals surface area (Å²) in [6.07, 6.45) is 2.86. The van der Waals surface area contributed by atoms with E-state index in [0.29, 0.717) is 35.7 Å². The number of methoxy groups -OCH3 is 1. The maximum Gasteiger partial charge on any atom is 0.344 e. The Morgan fingerprint density at radius 3 is 2.69 bits per heavy atom. The Kier molecular flexibility index (Phi) is 5.66. The van der Waals surface area contributed by atoms with E-state index in [1.807, 2.05) is 0 Å². The second-order valence-corrected chi connectivity index (χ2v) is 8.73. The Morgan fingerprint density at radius 1 is 1.28 bits per heavy atom. The molecular weight excluding hydrogens is 414 g/mol. The van der Waals surface area contributed by atoms with Gasteiger partial charge in [0.05, 0.1) is 7.11 Å². The zero-order chi connectivity index (χ0) is 23.0. The Balaban J connectivity index is 1.44. The summed E-state index contributed by atoms with van der Waals surface area (Å²) >= 11 is 0. The molecule has 2 fully saturated rings. The number of carbonyl (C=O) groups is 3. The molecule has 4 rings (SSSR count). The lowest BCUT2D eigenvalue weighted by Crippen LogP contribution is -2.51. The van der Waals surface area contributed by atoms with Crippen LogP contribution in [0, 0.1) is 12.8 Å². The number of benzene rings is 1. The first-order chi connectivity index (χ1) is 15.2. The number of amides is 4. The number of ether oxygens (including phenoxy) is 1. The smallest absolute Gasteiger partial charge is 0.344 e. The molecule has 2 aliphatic rings. The van der Waals surface area contributed by atoms with E-state index in [1.54, 1.807) is 25.1 Å². The van der Waals surface area contributed by atoms with Gasteiger partial charge in [-0.2, -0.15) is 5.01 Å². The van der Waals surface area contributed by atoms with Crippen LogP contribution >= 0.6 is 0 Å². The molecule has 1 spiro atoms. The largest absolute Gasteiger partial charge is 0.497 e. The Labute approximate surface area is 185 Å². The highest BCUT2D eigenvalue weighted by Gasteiger charge is 2.52. The summed E-state index contributed by atoms with van der Waals surface area (Å²) in [5.74, 6) is 0.138. The first-order valence-electron chi connectivity index (χ1n) is 10.8. The lowest BCUT2D eigenvalue weighted by molar-refractivity contribution is -0.140. The number of carbonyl (C=O) groups excluding carboxylic acids is 3. The number of rotatable bonds is 5. The lowest BCUT2D eigenvalue weighted by Gasteiger charge is -2.33. The molecule has 170 valence electrons. The number of hydrogen-bond donors (Lipinski definition) is 2. The van der Waals surface area contributed by atoms with Crippen molar-refractivity contribution in [2.75, 3.05) is 7.11 Å². The minimum Gasteiger partial charge on any atom is -0.497 e. The monoisotopic (exact) mass is 441 g/mol. The van der Waals surface area contributed by atoms with Crippen molar-refractivity contribution < 1.29 is 23.5 Å². The lowest BCUT2D eigenvalue weighted by atomic mass is 9.77. The number of urea groups is 1. The summed E-state index contributed by atoms with van der Waals surface area (Å²) in [7, 11) is 1.53. The quantitative estimate of drug-likeness (QED) is 0.544. The summed E-state index contributed by atoms with van der Waals surface area (Å²) < 4.78 is 10.6. The molecule has 0 atom stereocenters. The van der Waals surface area contributed by atoms with Crippen molar-refractivity contribution in [1.82, 2.24) is 15.8 Å².